The lowest BCUT2D eigenvalue weighted by Crippen LogP contribution is -2.19. The van der Waals surface area contributed by atoms with E-state index in [2.05, 4.69) is 29.8 Å². The largest absolute Gasteiger partial charge is 0.496 e. The summed E-state index contributed by atoms with van der Waals surface area (Å²) in [4.78, 5) is 0. The van der Waals surface area contributed by atoms with Gasteiger partial charge in [0.15, 0.2) is 0 Å². The Hall–Kier alpha value is -0.450. The summed E-state index contributed by atoms with van der Waals surface area (Å²) in [6.45, 7) is 4.27. The Morgan fingerprint density at radius 2 is 1.78 bits per heavy atom. The maximum Gasteiger partial charge on any atom is 0.133 e. The van der Waals surface area contributed by atoms with Gasteiger partial charge in [0.25, 0.3) is 0 Å². The normalized spacial score (nSPS) is 13.4. The third-order valence-electron chi connectivity index (χ3n) is 3.12. The van der Waals surface area contributed by atoms with Crippen LogP contribution in [0.15, 0.2) is 16.6 Å². The van der Waals surface area contributed by atoms with E-state index in [-0.39, 0.29) is 18.4 Å². The van der Waals surface area contributed by atoms with Gasteiger partial charge in [-0.3, -0.25) is 0 Å². The molecule has 0 aliphatic rings. The van der Waals surface area contributed by atoms with Crippen LogP contribution in [0.3, 0.4) is 0 Å². The molecular formula is C13H21BrClNO2. The third-order valence-corrected chi connectivity index (χ3v) is 3.74. The van der Waals surface area contributed by atoms with E-state index < -0.39 is 0 Å². The number of benzene rings is 1. The zero-order chi connectivity index (χ0) is 13.0. The van der Waals surface area contributed by atoms with Gasteiger partial charge in [0.05, 0.1) is 18.7 Å². The molecule has 0 radical (unpaired) electrons. The summed E-state index contributed by atoms with van der Waals surface area (Å²) in [5, 5.41) is 0. The van der Waals surface area contributed by atoms with Crippen LogP contribution in [0.4, 0.5) is 0 Å². The Kier molecular flexibility index (Phi) is 7.67. The molecule has 0 fully saturated rings. The van der Waals surface area contributed by atoms with Crippen molar-refractivity contribution in [2.45, 2.75) is 26.3 Å². The van der Waals surface area contributed by atoms with E-state index >= 15 is 0 Å². The van der Waals surface area contributed by atoms with E-state index in [0.717, 1.165) is 28.0 Å². The van der Waals surface area contributed by atoms with Gasteiger partial charge in [-0.05, 0) is 34.0 Å². The standard InChI is InChI=1S/C13H20BrNO2.ClH/c1-5-8(2)13(15)9-6-12(17-4)10(14)7-11(9)16-3;/h6-8,13H,5,15H2,1-4H3;1H/t8?,13-;/m0./s1. The molecule has 0 bridgehead atoms. The average Bonchev–Trinajstić information content (AvgIpc) is 2.36. The summed E-state index contributed by atoms with van der Waals surface area (Å²) < 4.78 is 11.5. The Balaban J connectivity index is 0.00000289. The highest BCUT2D eigenvalue weighted by molar-refractivity contribution is 9.10. The van der Waals surface area contributed by atoms with Crippen molar-refractivity contribution >= 4 is 28.3 Å². The molecule has 0 saturated heterocycles. The van der Waals surface area contributed by atoms with Crippen molar-refractivity contribution in [2.75, 3.05) is 14.2 Å². The number of ether oxygens (including phenoxy) is 2. The molecule has 2 N–H and O–H groups in total. The molecule has 18 heavy (non-hydrogen) atoms. The monoisotopic (exact) mass is 337 g/mol. The molecule has 2 atom stereocenters. The molecule has 104 valence electrons. The van der Waals surface area contributed by atoms with Crippen LogP contribution in [0, 0.1) is 5.92 Å². The molecule has 1 unspecified atom stereocenters. The van der Waals surface area contributed by atoms with Crippen LogP contribution in [0.5, 0.6) is 11.5 Å². The van der Waals surface area contributed by atoms with E-state index in [1.165, 1.54) is 0 Å². The van der Waals surface area contributed by atoms with Gasteiger partial charge in [0.2, 0.25) is 0 Å². The second-order valence-electron chi connectivity index (χ2n) is 4.14. The van der Waals surface area contributed by atoms with Crippen LogP contribution in [-0.4, -0.2) is 14.2 Å². The van der Waals surface area contributed by atoms with Gasteiger partial charge in [0.1, 0.15) is 11.5 Å². The highest BCUT2D eigenvalue weighted by Gasteiger charge is 2.19. The molecule has 0 saturated carbocycles. The van der Waals surface area contributed by atoms with Gasteiger partial charge in [-0.1, -0.05) is 20.3 Å². The second-order valence-corrected chi connectivity index (χ2v) is 4.99. The van der Waals surface area contributed by atoms with E-state index in [9.17, 15) is 0 Å². The summed E-state index contributed by atoms with van der Waals surface area (Å²) in [5.74, 6) is 1.97. The van der Waals surface area contributed by atoms with Crippen molar-refractivity contribution in [3.8, 4) is 11.5 Å². The molecule has 0 aromatic heterocycles. The minimum Gasteiger partial charge on any atom is -0.496 e. The van der Waals surface area contributed by atoms with Crippen molar-refractivity contribution in [2.24, 2.45) is 11.7 Å². The number of nitrogens with two attached hydrogens (primary N) is 1. The first-order valence-corrected chi connectivity index (χ1v) is 6.51. The quantitative estimate of drug-likeness (QED) is 0.884. The molecule has 0 aliphatic heterocycles. The van der Waals surface area contributed by atoms with E-state index in [4.69, 9.17) is 15.2 Å². The molecule has 1 rings (SSSR count). The summed E-state index contributed by atoms with van der Waals surface area (Å²) in [6.07, 6.45) is 1.03. The molecule has 1 aromatic rings. The minimum absolute atomic E-state index is 0. The molecular weight excluding hydrogens is 318 g/mol. The molecule has 5 heteroatoms. The van der Waals surface area contributed by atoms with Crippen LogP contribution < -0.4 is 15.2 Å². The first-order chi connectivity index (χ1) is 8.04. The van der Waals surface area contributed by atoms with Gasteiger partial charge in [-0.25, -0.2) is 0 Å². The van der Waals surface area contributed by atoms with Crippen LogP contribution in [0.25, 0.3) is 0 Å². The third kappa shape index (κ3) is 3.77. The fourth-order valence-electron chi connectivity index (χ4n) is 1.71. The van der Waals surface area contributed by atoms with Gasteiger partial charge in [-0.15, -0.1) is 12.4 Å². The molecule has 0 amide bonds. The van der Waals surface area contributed by atoms with Crippen LogP contribution in [0.1, 0.15) is 31.9 Å². The number of rotatable bonds is 5. The lowest BCUT2D eigenvalue weighted by molar-refractivity contribution is 0.379. The molecule has 0 spiro atoms. The van der Waals surface area contributed by atoms with Gasteiger partial charge >= 0.3 is 0 Å². The average molecular weight is 339 g/mol. The Labute approximate surface area is 124 Å². The first-order valence-electron chi connectivity index (χ1n) is 5.72. The smallest absolute Gasteiger partial charge is 0.133 e. The van der Waals surface area contributed by atoms with Crippen molar-refractivity contribution in [3.05, 3.63) is 22.2 Å². The lowest BCUT2D eigenvalue weighted by Gasteiger charge is -2.22. The summed E-state index contributed by atoms with van der Waals surface area (Å²) in [7, 11) is 3.30. The van der Waals surface area contributed by atoms with Crippen molar-refractivity contribution in [1.29, 1.82) is 0 Å². The fraction of sp³-hybridized carbons (Fsp3) is 0.538. The van der Waals surface area contributed by atoms with Gasteiger partial charge in [-0.2, -0.15) is 0 Å². The topological polar surface area (TPSA) is 44.5 Å². The highest BCUT2D eigenvalue weighted by Crippen LogP contribution is 2.37. The SMILES string of the molecule is CCC(C)[C@H](N)c1cc(OC)c(Br)cc1OC.Cl. The van der Waals surface area contributed by atoms with Crippen LogP contribution in [-0.2, 0) is 0 Å². The summed E-state index contributed by atoms with van der Waals surface area (Å²) in [5.41, 5.74) is 7.24. The van der Waals surface area contributed by atoms with Crippen molar-refractivity contribution < 1.29 is 9.47 Å². The van der Waals surface area contributed by atoms with Crippen molar-refractivity contribution in [3.63, 3.8) is 0 Å². The van der Waals surface area contributed by atoms with Crippen LogP contribution >= 0.6 is 28.3 Å². The van der Waals surface area contributed by atoms with Gasteiger partial charge in [0, 0.05) is 11.6 Å². The Morgan fingerprint density at radius 1 is 1.22 bits per heavy atom. The maximum absolute atomic E-state index is 6.25. The number of hydrogen-bond acceptors (Lipinski definition) is 3. The molecule has 0 heterocycles. The maximum atomic E-state index is 6.25. The number of methoxy groups -OCH3 is 2. The lowest BCUT2D eigenvalue weighted by atomic mass is 9.92. The second kappa shape index (κ2) is 7.87. The highest BCUT2D eigenvalue weighted by atomic mass is 79.9. The zero-order valence-electron chi connectivity index (χ0n) is 11.2. The van der Waals surface area contributed by atoms with Gasteiger partial charge < -0.3 is 15.2 Å². The van der Waals surface area contributed by atoms with E-state index in [0.29, 0.717) is 5.92 Å². The summed E-state index contributed by atoms with van der Waals surface area (Å²) >= 11 is 3.44. The number of halogens is 2. The first kappa shape index (κ1) is 17.6. The van der Waals surface area contributed by atoms with E-state index in [1.807, 2.05) is 12.1 Å². The van der Waals surface area contributed by atoms with Crippen molar-refractivity contribution in [1.82, 2.24) is 0 Å². The predicted octanol–water partition coefficient (Wildman–Crippen LogP) is 3.93. The Bertz CT molecular complexity index is 387. The van der Waals surface area contributed by atoms with E-state index in [1.54, 1.807) is 14.2 Å². The predicted molar refractivity (Wildman–Crippen MR) is 80.9 cm³/mol. The van der Waals surface area contributed by atoms with Crippen LogP contribution in [0.2, 0.25) is 0 Å². The summed E-state index contributed by atoms with van der Waals surface area (Å²) in [6, 6.07) is 3.80. The molecule has 3 nitrogen and oxygen atoms in total. The zero-order valence-corrected chi connectivity index (χ0v) is 13.6. The molecule has 1 aromatic carbocycles. The Morgan fingerprint density at radius 3 is 2.22 bits per heavy atom. The number of hydrogen-bond donors (Lipinski definition) is 1. The minimum atomic E-state index is -0.0445. The fourth-order valence-corrected chi connectivity index (χ4v) is 2.19. The molecule has 0 aliphatic carbocycles.